The summed E-state index contributed by atoms with van der Waals surface area (Å²) in [4.78, 5) is 4.33. The van der Waals surface area contributed by atoms with Gasteiger partial charge in [0.25, 0.3) is 0 Å². The van der Waals surface area contributed by atoms with Crippen molar-refractivity contribution in [2.45, 2.75) is 0 Å². The molecule has 86 valence electrons. The van der Waals surface area contributed by atoms with E-state index in [0.29, 0.717) is 11.4 Å². The minimum Gasteiger partial charge on any atom is -0.388 e. The third kappa shape index (κ3) is 2.98. The van der Waals surface area contributed by atoms with Crippen LogP contribution >= 0.6 is 12.2 Å². The van der Waals surface area contributed by atoms with E-state index in [4.69, 9.17) is 18.0 Å². The second-order valence-electron chi connectivity index (χ2n) is 3.43. The molecule has 0 saturated heterocycles. The number of hydrogen-bond acceptors (Lipinski definition) is 3. The van der Waals surface area contributed by atoms with Gasteiger partial charge in [-0.3, -0.25) is 4.98 Å². The Bertz CT molecular complexity index is 540. The summed E-state index contributed by atoms with van der Waals surface area (Å²) < 4.78 is 13.0. The van der Waals surface area contributed by atoms with Crippen molar-refractivity contribution < 1.29 is 4.39 Å². The number of nitrogens with zero attached hydrogens (tertiary/aromatic N) is 1. The number of anilines is 2. The van der Waals surface area contributed by atoms with Gasteiger partial charge in [0.1, 0.15) is 10.8 Å². The van der Waals surface area contributed by atoms with E-state index in [2.05, 4.69) is 10.3 Å². The number of aromatic nitrogens is 1. The van der Waals surface area contributed by atoms with Crippen molar-refractivity contribution in [3.8, 4) is 0 Å². The van der Waals surface area contributed by atoms with Gasteiger partial charge in [-0.15, -0.1) is 0 Å². The van der Waals surface area contributed by atoms with Crippen LogP contribution in [0.4, 0.5) is 15.8 Å². The molecule has 1 aromatic carbocycles. The number of pyridine rings is 1. The largest absolute Gasteiger partial charge is 0.388 e. The van der Waals surface area contributed by atoms with Gasteiger partial charge in [-0.2, -0.15) is 0 Å². The zero-order chi connectivity index (χ0) is 12.3. The lowest BCUT2D eigenvalue weighted by Crippen LogP contribution is -2.11. The van der Waals surface area contributed by atoms with E-state index in [1.807, 2.05) is 0 Å². The molecule has 2 aromatic rings. The summed E-state index contributed by atoms with van der Waals surface area (Å²) in [5.41, 5.74) is 7.40. The van der Waals surface area contributed by atoms with Crippen LogP contribution in [-0.4, -0.2) is 9.97 Å². The van der Waals surface area contributed by atoms with Crippen molar-refractivity contribution in [1.29, 1.82) is 0 Å². The first-order valence-corrected chi connectivity index (χ1v) is 5.34. The van der Waals surface area contributed by atoms with Crippen molar-refractivity contribution in [3.63, 3.8) is 0 Å². The highest BCUT2D eigenvalue weighted by molar-refractivity contribution is 7.80. The maximum atomic E-state index is 13.0. The van der Waals surface area contributed by atoms with Crippen molar-refractivity contribution in [1.82, 2.24) is 4.98 Å². The Labute approximate surface area is 103 Å². The van der Waals surface area contributed by atoms with E-state index < -0.39 is 0 Å². The average Bonchev–Trinajstić information content (AvgIpc) is 2.29. The second kappa shape index (κ2) is 4.88. The van der Waals surface area contributed by atoms with Crippen LogP contribution in [0.25, 0.3) is 0 Å². The van der Waals surface area contributed by atoms with Crippen LogP contribution in [0.15, 0.2) is 42.6 Å². The van der Waals surface area contributed by atoms with Gasteiger partial charge in [-0.25, -0.2) is 4.39 Å². The molecule has 17 heavy (non-hydrogen) atoms. The summed E-state index contributed by atoms with van der Waals surface area (Å²) >= 11 is 4.80. The normalized spacial score (nSPS) is 9.94. The quantitative estimate of drug-likeness (QED) is 0.819. The van der Waals surface area contributed by atoms with Gasteiger partial charge in [-0.1, -0.05) is 18.3 Å². The summed E-state index contributed by atoms with van der Waals surface area (Å²) in [6.45, 7) is 0. The lowest BCUT2D eigenvalue weighted by Gasteiger charge is -2.06. The molecule has 0 radical (unpaired) electrons. The molecule has 2 rings (SSSR count). The minimum atomic E-state index is -0.289. The van der Waals surface area contributed by atoms with Gasteiger partial charge in [0, 0.05) is 5.69 Å². The lowest BCUT2D eigenvalue weighted by atomic mass is 10.3. The van der Waals surface area contributed by atoms with E-state index in [9.17, 15) is 4.39 Å². The highest BCUT2D eigenvalue weighted by Crippen LogP contribution is 2.16. The summed E-state index contributed by atoms with van der Waals surface area (Å²) in [6, 6.07) is 9.69. The number of thiocarbonyl (C=S) groups is 1. The third-order valence-electron chi connectivity index (χ3n) is 2.13. The molecule has 1 heterocycles. The Morgan fingerprint density at radius 2 is 2.06 bits per heavy atom. The number of nitrogens with two attached hydrogens (primary N) is 1. The second-order valence-corrected chi connectivity index (χ2v) is 3.87. The van der Waals surface area contributed by atoms with Gasteiger partial charge in [-0.05, 0) is 30.3 Å². The first-order chi connectivity index (χ1) is 8.15. The zero-order valence-electron chi connectivity index (χ0n) is 8.85. The standard InChI is InChI=1S/C12H10FN3S/c13-8-2-1-3-9(6-8)16-10-4-5-11(12(14)17)15-7-10/h1-7,16H,(H2,14,17). The number of nitrogens with one attached hydrogen (secondary N) is 1. The number of halogens is 1. The summed E-state index contributed by atoms with van der Waals surface area (Å²) in [5.74, 6) is -0.289. The molecule has 5 heteroatoms. The van der Waals surface area contributed by atoms with Gasteiger partial charge in [0.2, 0.25) is 0 Å². The molecular weight excluding hydrogens is 237 g/mol. The minimum absolute atomic E-state index is 0.252. The third-order valence-corrected chi connectivity index (χ3v) is 2.34. The Morgan fingerprint density at radius 1 is 1.24 bits per heavy atom. The van der Waals surface area contributed by atoms with Gasteiger partial charge in [0.15, 0.2) is 0 Å². The molecule has 0 saturated carbocycles. The smallest absolute Gasteiger partial charge is 0.125 e. The summed E-state index contributed by atoms with van der Waals surface area (Å²) in [7, 11) is 0. The van der Waals surface area contributed by atoms with Gasteiger partial charge >= 0.3 is 0 Å². The highest BCUT2D eigenvalue weighted by Gasteiger charge is 1.99. The molecule has 1 aromatic heterocycles. The first-order valence-electron chi connectivity index (χ1n) is 4.93. The van der Waals surface area contributed by atoms with Crippen molar-refractivity contribution in [3.05, 3.63) is 54.1 Å². The number of hydrogen-bond donors (Lipinski definition) is 2. The highest BCUT2D eigenvalue weighted by atomic mass is 32.1. The van der Waals surface area contributed by atoms with Crippen LogP contribution in [0, 0.1) is 5.82 Å². The molecule has 0 atom stereocenters. The molecule has 0 aliphatic carbocycles. The number of rotatable bonds is 3. The lowest BCUT2D eigenvalue weighted by molar-refractivity contribution is 0.628. The van der Waals surface area contributed by atoms with E-state index in [0.717, 1.165) is 5.69 Å². The molecule has 3 nitrogen and oxygen atoms in total. The first kappa shape index (κ1) is 11.5. The molecule has 0 unspecified atom stereocenters. The Kier molecular flexibility index (Phi) is 3.30. The van der Waals surface area contributed by atoms with Gasteiger partial charge < -0.3 is 11.1 Å². The molecule has 0 bridgehead atoms. The monoisotopic (exact) mass is 247 g/mol. The molecular formula is C12H10FN3S. The zero-order valence-corrected chi connectivity index (χ0v) is 9.67. The fourth-order valence-corrected chi connectivity index (χ4v) is 1.47. The maximum absolute atomic E-state index is 13.0. The van der Waals surface area contributed by atoms with Crippen LogP contribution in [0.5, 0.6) is 0 Å². The Balaban J connectivity index is 2.16. The van der Waals surface area contributed by atoms with E-state index in [1.54, 1.807) is 30.5 Å². The van der Waals surface area contributed by atoms with Crippen LogP contribution in [0.3, 0.4) is 0 Å². The Hall–Kier alpha value is -2.01. The van der Waals surface area contributed by atoms with Crippen molar-refractivity contribution >= 4 is 28.6 Å². The summed E-state index contributed by atoms with van der Waals surface area (Å²) in [6.07, 6.45) is 1.60. The molecule has 0 aliphatic rings. The Morgan fingerprint density at radius 3 is 2.65 bits per heavy atom. The fourth-order valence-electron chi connectivity index (χ4n) is 1.35. The predicted molar refractivity (Wildman–Crippen MR) is 69.8 cm³/mol. The van der Waals surface area contributed by atoms with E-state index >= 15 is 0 Å². The topological polar surface area (TPSA) is 50.9 Å². The molecule has 0 spiro atoms. The molecule has 0 aliphatic heterocycles. The SMILES string of the molecule is NC(=S)c1ccc(Nc2cccc(F)c2)cn1. The average molecular weight is 247 g/mol. The maximum Gasteiger partial charge on any atom is 0.125 e. The van der Waals surface area contributed by atoms with Crippen LogP contribution in [0.2, 0.25) is 0 Å². The fraction of sp³-hybridized carbons (Fsp3) is 0. The van der Waals surface area contributed by atoms with E-state index in [-0.39, 0.29) is 10.8 Å². The van der Waals surface area contributed by atoms with Crippen molar-refractivity contribution in [2.24, 2.45) is 5.73 Å². The van der Waals surface area contributed by atoms with E-state index in [1.165, 1.54) is 12.1 Å². The van der Waals surface area contributed by atoms with Crippen molar-refractivity contribution in [2.75, 3.05) is 5.32 Å². The van der Waals surface area contributed by atoms with Crippen LogP contribution in [-0.2, 0) is 0 Å². The number of benzene rings is 1. The summed E-state index contributed by atoms with van der Waals surface area (Å²) in [5, 5.41) is 3.02. The molecule has 3 N–H and O–H groups in total. The molecule has 0 fully saturated rings. The predicted octanol–water partition coefficient (Wildman–Crippen LogP) is 2.60. The van der Waals surface area contributed by atoms with Gasteiger partial charge in [0.05, 0.1) is 17.6 Å². The molecule has 0 amide bonds. The van der Waals surface area contributed by atoms with Crippen LogP contribution < -0.4 is 11.1 Å². The van der Waals surface area contributed by atoms with Crippen LogP contribution in [0.1, 0.15) is 5.69 Å².